The summed E-state index contributed by atoms with van der Waals surface area (Å²) in [5.41, 5.74) is 8.81. The standard InChI is InChI=1S/C16H18FNO2/c1-10-4-6-14(19-2)12(8-10)16(18)11-5-7-15(20-3)13(17)9-11/h4-9,16H,18H2,1-3H3. The van der Waals surface area contributed by atoms with Crippen LogP contribution >= 0.6 is 0 Å². The molecule has 106 valence electrons. The topological polar surface area (TPSA) is 44.5 Å². The molecule has 0 fully saturated rings. The van der Waals surface area contributed by atoms with Crippen LogP contribution in [0.25, 0.3) is 0 Å². The molecule has 0 aliphatic heterocycles. The fraction of sp³-hybridized carbons (Fsp3) is 0.250. The minimum absolute atomic E-state index is 0.206. The fourth-order valence-corrected chi connectivity index (χ4v) is 2.15. The Morgan fingerprint density at radius 1 is 1.00 bits per heavy atom. The maximum atomic E-state index is 13.8. The zero-order chi connectivity index (χ0) is 14.7. The van der Waals surface area contributed by atoms with Crippen molar-refractivity contribution in [3.05, 3.63) is 58.9 Å². The van der Waals surface area contributed by atoms with Gasteiger partial charge in [0, 0.05) is 5.56 Å². The maximum absolute atomic E-state index is 13.8. The number of aryl methyl sites for hydroxylation is 1. The lowest BCUT2D eigenvalue weighted by Crippen LogP contribution is -2.13. The summed E-state index contributed by atoms with van der Waals surface area (Å²) in [6.45, 7) is 1.98. The lowest BCUT2D eigenvalue weighted by atomic mass is 9.97. The Hall–Kier alpha value is -2.07. The maximum Gasteiger partial charge on any atom is 0.165 e. The number of benzene rings is 2. The van der Waals surface area contributed by atoms with Crippen LogP contribution in [0.1, 0.15) is 22.7 Å². The van der Waals surface area contributed by atoms with Gasteiger partial charge < -0.3 is 15.2 Å². The van der Waals surface area contributed by atoms with Gasteiger partial charge in [-0.3, -0.25) is 0 Å². The second-order valence-corrected chi connectivity index (χ2v) is 4.62. The largest absolute Gasteiger partial charge is 0.496 e. The Balaban J connectivity index is 2.43. The van der Waals surface area contributed by atoms with Gasteiger partial charge in [-0.2, -0.15) is 0 Å². The molecule has 0 aliphatic rings. The molecular formula is C16H18FNO2. The van der Waals surface area contributed by atoms with Crippen molar-refractivity contribution in [2.45, 2.75) is 13.0 Å². The van der Waals surface area contributed by atoms with Crippen LogP contribution in [0.3, 0.4) is 0 Å². The van der Waals surface area contributed by atoms with Gasteiger partial charge in [0.2, 0.25) is 0 Å². The van der Waals surface area contributed by atoms with Crippen LogP contribution in [0.4, 0.5) is 4.39 Å². The van der Waals surface area contributed by atoms with Crippen LogP contribution in [-0.2, 0) is 0 Å². The Labute approximate surface area is 118 Å². The highest BCUT2D eigenvalue weighted by atomic mass is 19.1. The van der Waals surface area contributed by atoms with Gasteiger partial charge in [0.15, 0.2) is 11.6 Å². The predicted molar refractivity (Wildman–Crippen MR) is 76.7 cm³/mol. The molecular weight excluding hydrogens is 257 g/mol. The van der Waals surface area contributed by atoms with Crippen LogP contribution in [0.15, 0.2) is 36.4 Å². The van der Waals surface area contributed by atoms with E-state index in [4.69, 9.17) is 15.2 Å². The van der Waals surface area contributed by atoms with E-state index in [0.29, 0.717) is 11.3 Å². The smallest absolute Gasteiger partial charge is 0.165 e. The van der Waals surface area contributed by atoms with Crippen LogP contribution in [-0.4, -0.2) is 14.2 Å². The van der Waals surface area contributed by atoms with Crippen LogP contribution in [0.2, 0.25) is 0 Å². The Bertz CT molecular complexity index is 613. The van der Waals surface area contributed by atoms with Gasteiger partial charge in [-0.15, -0.1) is 0 Å². The summed E-state index contributed by atoms with van der Waals surface area (Å²) in [4.78, 5) is 0. The molecule has 3 nitrogen and oxygen atoms in total. The molecule has 1 atom stereocenters. The van der Waals surface area contributed by atoms with Crippen molar-refractivity contribution in [1.82, 2.24) is 0 Å². The third-order valence-electron chi connectivity index (χ3n) is 3.26. The molecule has 0 radical (unpaired) electrons. The molecule has 0 aliphatic carbocycles. The van der Waals surface area contributed by atoms with Gasteiger partial charge in [-0.1, -0.05) is 23.8 Å². The summed E-state index contributed by atoms with van der Waals surface area (Å²) in [5.74, 6) is 0.476. The Kier molecular flexibility index (Phi) is 4.25. The van der Waals surface area contributed by atoms with Gasteiger partial charge in [-0.25, -0.2) is 4.39 Å². The van der Waals surface area contributed by atoms with Crippen molar-refractivity contribution < 1.29 is 13.9 Å². The van der Waals surface area contributed by atoms with E-state index in [2.05, 4.69) is 0 Å². The number of rotatable bonds is 4. The number of hydrogen-bond acceptors (Lipinski definition) is 3. The number of ether oxygens (including phenoxy) is 2. The first-order valence-electron chi connectivity index (χ1n) is 6.30. The van der Waals surface area contributed by atoms with Crippen molar-refractivity contribution in [1.29, 1.82) is 0 Å². The van der Waals surface area contributed by atoms with Crippen LogP contribution in [0, 0.1) is 12.7 Å². The molecule has 0 saturated heterocycles. The van der Waals surface area contributed by atoms with Gasteiger partial charge in [0.1, 0.15) is 5.75 Å². The first-order chi connectivity index (χ1) is 9.56. The summed E-state index contributed by atoms with van der Waals surface area (Å²) in [5, 5.41) is 0. The van der Waals surface area contributed by atoms with Gasteiger partial charge in [0.05, 0.1) is 20.3 Å². The predicted octanol–water partition coefficient (Wildman–Crippen LogP) is 3.20. The molecule has 0 saturated carbocycles. The van der Waals surface area contributed by atoms with E-state index >= 15 is 0 Å². The van der Waals surface area contributed by atoms with Gasteiger partial charge in [-0.05, 0) is 30.7 Å². The van der Waals surface area contributed by atoms with E-state index in [0.717, 1.165) is 11.1 Å². The monoisotopic (exact) mass is 275 g/mol. The van der Waals surface area contributed by atoms with E-state index < -0.39 is 11.9 Å². The molecule has 0 heterocycles. The average molecular weight is 275 g/mol. The summed E-state index contributed by atoms with van der Waals surface area (Å²) >= 11 is 0. The van der Waals surface area contributed by atoms with Crippen molar-refractivity contribution in [2.24, 2.45) is 5.73 Å². The van der Waals surface area contributed by atoms with E-state index in [1.54, 1.807) is 19.2 Å². The molecule has 0 bridgehead atoms. The van der Waals surface area contributed by atoms with Crippen LogP contribution < -0.4 is 15.2 Å². The van der Waals surface area contributed by atoms with E-state index in [-0.39, 0.29) is 5.75 Å². The highest BCUT2D eigenvalue weighted by Gasteiger charge is 2.16. The Morgan fingerprint density at radius 3 is 2.25 bits per heavy atom. The Morgan fingerprint density at radius 2 is 1.65 bits per heavy atom. The van der Waals surface area contributed by atoms with Gasteiger partial charge in [0.25, 0.3) is 0 Å². The molecule has 2 aromatic carbocycles. The minimum Gasteiger partial charge on any atom is -0.496 e. The first-order valence-corrected chi connectivity index (χ1v) is 6.30. The first kappa shape index (κ1) is 14.3. The van der Waals surface area contributed by atoms with Gasteiger partial charge >= 0.3 is 0 Å². The normalized spacial score (nSPS) is 12.1. The van der Waals surface area contributed by atoms with E-state index in [1.807, 2.05) is 25.1 Å². The summed E-state index contributed by atoms with van der Waals surface area (Å²) in [6, 6.07) is 10.0. The zero-order valence-electron chi connectivity index (χ0n) is 11.8. The summed E-state index contributed by atoms with van der Waals surface area (Å²) in [6.07, 6.45) is 0. The van der Waals surface area contributed by atoms with Crippen molar-refractivity contribution in [3.8, 4) is 11.5 Å². The van der Waals surface area contributed by atoms with Crippen molar-refractivity contribution in [2.75, 3.05) is 14.2 Å². The molecule has 1 unspecified atom stereocenters. The third-order valence-corrected chi connectivity index (χ3v) is 3.26. The molecule has 0 spiro atoms. The van der Waals surface area contributed by atoms with E-state index in [1.165, 1.54) is 13.2 Å². The fourth-order valence-electron chi connectivity index (χ4n) is 2.15. The quantitative estimate of drug-likeness (QED) is 0.932. The molecule has 2 rings (SSSR count). The molecule has 0 amide bonds. The lowest BCUT2D eigenvalue weighted by Gasteiger charge is -2.17. The number of halogens is 1. The highest BCUT2D eigenvalue weighted by Crippen LogP contribution is 2.31. The molecule has 4 heteroatoms. The highest BCUT2D eigenvalue weighted by molar-refractivity contribution is 5.44. The average Bonchev–Trinajstić information content (AvgIpc) is 2.46. The lowest BCUT2D eigenvalue weighted by molar-refractivity contribution is 0.386. The van der Waals surface area contributed by atoms with Crippen molar-refractivity contribution >= 4 is 0 Å². The number of hydrogen-bond donors (Lipinski definition) is 1. The zero-order valence-corrected chi connectivity index (χ0v) is 11.8. The number of nitrogens with two attached hydrogens (primary N) is 1. The second-order valence-electron chi connectivity index (χ2n) is 4.62. The number of methoxy groups -OCH3 is 2. The summed E-state index contributed by atoms with van der Waals surface area (Å²) in [7, 11) is 3.02. The van der Waals surface area contributed by atoms with E-state index in [9.17, 15) is 4.39 Å². The summed E-state index contributed by atoms with van der Waals surface area (Å²) < 4.78 is 24.0. The second kappa shape index (κ2) is 5.92. The minimum atomic E-state index is -0.453. The van der Waals surface area contributed by atoms with Crippen molar-refractivity contribution in [3.63, 3.8) is 0 Å². The third kappa shape index (κ3) is 2.75. The molecule has 2 N–H and O–H groups in total. The van der Waals surface area contributed by atoms with Crippen LogP contribution in [0.5, 0.6) is 11.5 Å². The SMILES string of the molecule is COc1ccc(C(N)c2cc(C)ccc2OC)cc1F. The molecule has 2 aromatic rings. The molecule has 0 aromatic heterocycles. The molecule has 20 heavy (non-hydrogen) atoms.